The van der Waals surface area contributed by atoms with Crippen LogP contribution in [0.2, 0.25) is 5.02 Å². The van der Waals surface area contributed by atoms with Crippen molar-refractivity contribution in [1.82, 2.24) is 10.2 Å². The number of hydrogen-bond donors (Lipinski definition) is 1. The van der Waals surface area contributed by atoms with Crippen LogP contribution in [0.3, 0.4) is 0 Å². The van der Waals surface area contributed by atoms with Gasteiger partial charge in [0, 0.05) is 43.6 Å². The Hall–Kier alpha value is -3.30. The lowest BCUT2D eigenvalue weighted by Crippen LogP contribution is -2.49. The first-order valence-electron chi connectivity index (χ1n) is 12.1. The van der Waals surface area contributed by atoms with Gasteiger partial charge in [0.1, 0.15) is 6.54 Å². The fourth-order valence-electron chi connectivity index (χ4n) is 4.48. The standard InChI is InChI=1S/C26H31ClN4O5/c1-3-36-24(32)15-28-26(34)30-17-19-6-4-5-7-23(19)31(16-18(30)2)25(33)21-9-8-20(14-22(21)27)29-10-12-35-13-11-29/h4-9,14,18H,3,10-13,15-17H2,1-2H3,(H,28,34)/t18-/m1/s1. The van der Waals surface area contributed by atoms with Gasteiger partial charge in [-0.15, -0.1) is 0 Å². The van der Waals surface area contributed by atoms with Crippen LogP contribution in [0, 0.1) is 0 Å². The van der Waals surface area contributed by atoms with Gasteiger partial charge in [-0.2, -0.15) is 0 Å². The van der Waals surface area contributed by atoms with Crippen molar-refractivity contribution in [2.75, 3.05) is 55.8 Å². The fraction of sp³-hybridized carbons (Fsp3) is 0.423. The number of para-hydroxylation sites is 1. The Morgan fingerprint density at radius 3 is 2.61 bits per heavy atom. The third kappa shape index (κ3) is 5.74. The highest BCUT2D eigenvalue weighted by Crippen LogP contribution is 2.31. The number of hydrogen-bond acceptors (Lipinski definition) is 6. The molecule has 2 aromatic carbocycles. The van der Waals surface area contributed by atoms with E-state index in [1.165, 1.54) is 0 Å². The van der Waals surface area contributed by atoms with E-state index >= 15 is 0 Å². The summed E-state index contributed by atoms with van der Waals surface area (Å²) in [6, 6.07) is 12.3. The number of fused-ring (bicyclic) bond motifs is 1. The number of urea groups is 1. The van der Waals surface area contributed by atoms with E-state index in [4.69, 9.17) is 21.1 Å². The SMILES string of the molecule is CCOC(=O)CNC(=O)N1Cc2ccccc2N(C(=O)c2ccc(N3CCOCC3)cc2Cl)C[C@H]1C. The number of morpholine rings is 1. The number of rotatable bonds is 5. The molecule has 36 heavy (non-hydrogen) atoms. The largest absolute Gasteiger partial charge is 0.465 e. The maximum atomic E-state index is 13.8. The number of nitrogens with zero attached hydrogens (tertiary/aromatic N) is 3. The van der Waals surface area contributed by atoms with Gasteiger partial charge < -0.3 is 29.5 Å². The second kappa shape index (κ2) is 11.6. The van der Waals surface area contributed by atoms with Crippen molar-refractivity contribution in [3.63, 3.8) is 0 Å². The van der Waals surface area contributed by atoms with Gasteiger partial charge in [-0.3, -0.25) is 9.59 Å². The van der Waals surface area contributed by atoms with Gasteiger partial charge in [-0.25, -0.2) is 4.79 Å². The Kier molecular flexibility index (Phi) is 8.32. The topological polar surface area (TPSA) is 91.4 Å². The minimum absolute atomic E-state index is 0.217. The molecule has 1 saturated heterocycles. The predicted octanol–water partition coefficient (Wildman–Crippen LogP) is 3.30. The van der Waals surface area contributed by atoms with Crippen molar-refractivity contribution in [1.29, 1.82) is 0 Å². The molecule has 0 saturated carbocycles. The minimum Gasteiger partial charge on any atom is -0.465 e. The first-order valence-corrected chi connectivity index (χ1v) is 12.5. The van der Waals surface area contributed by atoms with Crippen LogP contribution in [-0.4, -0.2) is 74.8 Å². The van der Waals surface area contributed by atoms with E-state index in [2.05, 4.69) is 10.2 Å². The highest BCUT2D eigenvalue weighted by molar-refractivity contribution is 6.34. The molecule has 0 bridgehead atoms. The van der Waals surface area contributed by atoms with E-state index in [9.17, 15) is 14.4 Å². The van der Waals surface area contributed by atoms with E-state index in [-0.39, 0.29) is 31.6 Å². The Morgan fingerprint density at radius 1 is 1.14 bits per heavy atom. The molecule has 0 radical (unpaired) electrons. The first kappa shape index (κ1) is 25.8. The van der Waals surface area contributed by atoms with Crippen molar-refractivity contribution in [2.24, 2.45) is 0 Å². The molecule has 2 aliphatic heterocycles. The highest BCUT2D eigenvalue weighted by Gasteiger charge is 2.32. The fourth-order valence-corrected chi connectivity index (χ4v) is 4.73. The third-order valence-corrected chi connectivity index (χ3v) is 6.67. The molecular weight excluding hydrogens is 484 g/mol. The molecule has 2 aromatic rings. The van der Waals surface area contributed by atoms with E-state index in [1.54, 1.807) is 22.8 Å². The molecule has 0 unspecified atom stereocenters. The number of carbonyl (C=O) groups excluding carboxylic acids is 3. The average Bonchev–Trinajstić information content (AvgIpc) is 3.04. The van der Waals surface area contributed by atoms with Gasteiger partial charge in [-0.1, -0.05) is 29.8 Å². The second-order valence-electron chi connectivity index (χ2n) is 8.75. The zero-order chi connectivity index (χ0) is 25.7. The van der Waals surface area contributed by atoms with E-state index in [0.29, 0.717) is 30.3 Å². The summed E-state index contributed by atoms with van der Waals surface area (Å²) in [5, 5.41) is 3.00. The normalized spacial score (nSPS) is 17.8. The summed E-state index contributed by atoms with van der Waals surface area (Å²) in [6.45, 7) is 7.03. The van der Waals surface area contributed by atoms with Gasteiger partial charge in [0.15, 0.2) is 0 Å². The molecule has 0 spiro atoms. The Morgan fingerprint density at radius 2 is 1.89 bits per heavy atom. The molecule has 10 heteroatoms. The molecule has 192 valence electrons. The van der Waals surface area contributed by atoms with Crippen LogP contribution in [0.15, 0.2) is 42.5 Å². The first-order chi connectivity index (χ1) is 17.4. The van der Waals surface area contributed by atoms with Crippen LogP contribution in [0.4, 0.5) is 16.2 Å². The van der Waals surface area contributed by atoms with Gasteiger partial charge in [0.25, 0.3) is 5.91 Å². The summed E-state index contributed by atoms with van der Waals surface area (Å²) in [5.41, 5.74) is 2.90. The lowest BCUT2D eigenvalue weighted by molar-refractivity contribution is -0.141. The van der Waals surface area contributed by atoms with Crippen LogP contribution < -0.4 is 15.1 Å². The van der Waals surface area contributed by atoms with Gasteiger partial charge in [0.05, 0.1) is 30.4 Å². The minimum atomic E-state index is -0.499. The number of carbonyl (C=O) groups is 3. The summed E-state index contributed by atoms with van der Waals surface area (Å²) in [5.74, 6) is -0.734. The Balaban J connectivity index is 1.56. The van der Waals surface area contributed by atoms with Gasteiger partial charge >= 0.3 is 12.0 Å². The van der Waals surface area contributed by atoms with Crippen LogP contribution in [0.25, 0.3) is 0 Å². The summed E-state index contributed by atoms with van der Waals surface area (Å²) >= 11 is 6.62. The molecule has 1 atom stereocenters. The summed E-state index contributed by atoms with van der Waals surface area (Å²) < 4.78 is 10.3. The molecule has 0 aliphatic carbocycles. The maximum absolute atomic E-state index is 13.8. The Labute approximate surface area is 215 Å². The highest BCUT2D eigenvalue weighted by atomic mass is 35.5. The monoisotopic (exact) mass is 514 g/mol. The maximum Gasteiger partial charge on any atom is 0.325 e. The number of amides is 3. The molecule has 1 fully saturated rings. The van der Waals surface area contributed by atoms with Gasteiger partial charge in [0.2, 0.25) is 0 Å². The van der Waals surface area contributed by atoms with Crippen molar-refractivity contribution in [3.8, 4) is 0 Å². The van der Waals surface area contributed by atoms with E-state index in [1.807, 2.05) is 43.3 Å². The number of esters is 1. The number of halogens is 1. The van der Waals surface area contributed by atoms with Crippen molar-refractivity contribution in [2.45, 2.75) is 26.4 Å². The van der Waals surface area contributed by atoms with E-state index in [0.717, 1.165) is 30.0 Å². The molecule has 1 N–H and O–H groups in total. The third-order valence-electron chi connectivity index (χ3n) is 6.36. The molecule has 3 amide bonds. The quantitative estimate of drug-likeness (QED) is 0.616. The summed E-state index contributed by atoms with van der Waals surface area (Å²) in [6.07, 6.45) is 0. The number of anilines is 2. The number of nitrogens with one attached hydrogen (secondary N) is 1. The molecule has 0 aromatic heterocycles. The second-order valence-corrected chi connectivity index (χ2v) is 9.16. The van der Waals surface area contributed by atoms with E-state index < -0.39 is 12.0 Å². The molecule has 2 heterocycles. The van der Waals surface area contributed by atoms with Crippen LogP contribution >= 0.6 is 11.6 Å². The predicted molar refractivity (Wildman–Crippen MR) is 138 cm³/mol. The number of ether oxygens (including phenoxy) is 2. The van der Waals surface area contributed by atoms with Crippen LogP contribution in [0.1, 0.15) is 29.8 Å². The van der Waals surface area contributed by atoms with Crippen molar-refractivity contribution < 1.29 is 23.9 Å². The zero-order valence-electron chi connectivity index (χ0n) is 20.5. The van der Waals surface area contributed by atoms with Gasteiger partial charge in [-0.05, 0) is 43.7 Å². The average molecular weight is 515 g/mol. The smallest absolute Gasteiger partial charge is 0.325 e. The summed E-state index contributed by atoms with van der Waals surface area (Å²) in [4.78, 5) is 43.9. The van der Waals surface area contributed by atoms with Crippen molar-refractivity contribution >= 4 is 40.9 Å². The van der Waals surface area contributed by atoms with Crippen LogP contribution in [0.5, 0.6) is 0 Å². The lowest BCUT2D eigenvalue weighted by Gasteiger charge is -2.30. The summed E-state index contributed by atoms with van der Waals surface area (Å²) in [7, 11) is 0. The Bertz CT molecular complexity index is 1120. The molecule has 9 nitrogen and oxygen atoms in total. The molecular formula is C26H31ClN4O5. The molecule has 2 aliphatic rings. The lowest BCUT2D eigenvalue weighted by atomic mass is 10.1. The van der Waals surface area contributed by atoms with Crippen LogP contribution in [-0.2, 0) is 20.8 Å². The molecule has 4 rings (SSSR count). The zero-order valence-corrected chi connectivity index (χ0v) is 21.3. The van der Waals surface area contributed by atoms with Crippen molar-refractivity contribution in [3.05, 3.63) is 58.6 Å². The number of benzene rings is 2.